The van der Waals surface area contributed by atoms with Crippen LogP contribution in [0, 0.1) is 0 Å². The number of benzene rings is 2. The van der Waals surface area contributed by atoms with E-state index >= 15 is 0 Å². The average molecular weight is 380 g/mol. The largest absolute Gasteiger partial charge is 0.497 e. The molecule has 7 nitrogen and oxygen atoms in total. The third-order valence-electron chi connectivity index (χ3n) is 3.56. The van der Waals surface area contributed by atoms with Gasteiger partial charge in [-0.3, -0.25) is 14.4 Å². The Hall–Kier alpha value is -3.87. The van der Waals surface area contributed by atoms with E-state index in [0.717, 1.165) is 5.56 Å². The van der Waals surface area contributed by atoms with Crippen molar-refractivity contribution in [1.82, 2.24) is 10.6 Å². The minimum absolute atomic E-state index is 0.0749. The number of hydrogen-bond donors (Lipinski definition) is 3. The van der Waals surface area contributed by atoms with E-state index in [-0.39, 0.29) is 5.70 Å². The molecule has 0 bridgehead atoms. The molecule has 0 aliphatic carbocycles. The summed E-state index contributed by atoms with van der Waals surface area (Å²) in [5, 5.41) is 13.5. The van der Waals surface area contributed by atoms with Gasteiger partial charge in [-0.1, -0.05) is 42.5 Å². The Morgan fingerprint density at radius 1 is 1.00 bits per heavy atom. The first-order valence-electron chi connectivity index (χ1n) is 8.38. The lowest BCUT2D eigenvalue weighted by Gasteiger charge is -2.09. The van der Waals surface area contributed by atoms with Crippen molar-refractivity contribution >= 4 is 29.9 Å². The summed E-state index contributed by atoms with van der Waals surface area (Å²) in [6.45, 7) is -0.561. The van der Waals surface area contributed by atoms with E-state index in [9.17, 15) is 14.4 Å². The first kappa shape index (κ1) is 20.4. The second kappa shape index (κ2) is 10.3. The fourth-order valence-electron chi connectivity index (χ4n) is 2.19. The Labute approximate surface area is 162 Å². The molecule has 144 valence electrons. The monoisotopic (exact) mass is 380 g/mol. The summed E-state index contributed by atoms with van der Waals surface area (Å²) in [7, 11) is 1.54. The fourth-order valence-corrected chi connectivity index (χ4v) is 2.19. The highest BCUT2D eigenvalue weighted by molar-refractivity contribution is 6.04. The van der Waals surface area contributed by atoms with Gasteiger partial charge in [0.25, 0.3) is 5.91 Å². The Kier molecular flexibility index (Phi) is 7.53. The van der Waals surface area contributed by atoms with Crippen molar-refractivity contribution in [3.05, 3.63) is 77.5 Å². The summed E-state index contributed by atoms with van der Waals surface area (Å²) in [5.74, 6) is -1.77. The smallest absolute Gasteiger partial charge is 0.322 e. The molecule has 2 aromatic rings. The van der Waals surface area contributed by atoms with Crippen molar-refractivity contribution in [3.63, 3.8) is 0 Å². The maximum atomic E-state index is 12.3. The summed E-state index contributed by atoms with van der Waals surface area (Å²) in [4.78, 5) is 35.2. The first-order chi connectivity index (χ1) is 13.5. The van der Waals surface area contributed by atoms with Crippen LogP contribution in [-0.2, 0) is 14.4 Å². The van der Waals surface area contributed by atoms with Crippen molar-refractivity contribution < 1.29 is 24.2 Å². The lowest BCUT2D eigenvalue weighted by atomic mass is 10.1. The van der Waals surface area contributed by atoms with Gasteiger partial charge in [-0.05, 0) is 35.4 Å². The minimum atomic E-state index is -1.19. The third kappa shape index (κ3) is 6.80. The number of rotatable bonds is 8. The number of amides is 2. The maximum Gasteiger partial charge on any atom is 0.322 e. The van der Waals surface area contributed by atoms with Gasteiger partial charge >= 0.3 is 5.97 Å². The van der Waals surface area contributed by atoms with E-state index in [0.29, 0.717) is 11.3 Å². The van der Waals surface area contributed by atoms with Crippen molar-refractivity contribution in [3.8, 4) is 5.75 Å². The molecule has 0 aliphatic rings. The summed E-state index contributed by atoms with van der Waals surface area (Å²) < 4.78 is 5.08. The molecule has 3 N–H and O–H groups in total. The van der Waals surface area contributed by atoms with Crippen LogP contribution in [0.15, 0.2) is 66.4 Å². The Morgan fingerprint density at radius 2 is 1.68 bits per heavy atom. The van der Waals surface area contributed by atoms with Crippen LogP contribution in [0.25, 0.3) is 12.2 Å². The standard InChI is InChI=1S/C21H20N2O5/c1-28-17-10-7-16(8-11-17)13-18(21(27)22-14-20(25)26)23-19(24)12-9-15-5-3-2-4-6-15/h2-13H,14H2,1H3,(H,22,27)(H,23,24)(H,25,26)/b12-9+,18-13+. The second-order valence-corrected chi connectivity index (χ2v) is 5.64. The fraction of sp³-hybridized carbons (Fsp3) is 0.0952. The summed E-state index contributed by atoms with van der Waals surface area (Å²) >= 11 is 0. The highest BCUT2D eigenvalue weighted by Crippen LogP contribution is 2.13. The van der Waals surface area contributed by atoms with E-state index in [2.05, 4.69) is 10.6 Å². The molecule has 0 saturated heterocycles. The number of carbonyl (C=O) groups is 3. The van der Waals surface area contributed by atoms with Crippen LogP contribution >= 0.6 is 0 Å². The first-order valence-corrected chi connectivity index (χ1v) is 8.38. The van der Waals surface area contributed by atoms with E-state index < -0.39 is 24.3 Å². The highest BCUT2D eigenvalue weighted by Gasteiger charge is 2.13. The van der Waals surface area contributed by atoms with Gasteiger partial charge in [-0.15, -0.1) is 0 Å². The Balaban J connectivity index is 2.17. The molecular formula is C21H20N2O5. The third-order valence-corrected chi connectivity index (χ3v) is 3.56. The number of carbonyl (C=O) groups excluding carboxylic acids is 2. The van der Waals surface area contributed by atoms with E-state index in [4.69, 9.17) is 9.84 Å². The lowest BCUT2D eigenvalue weighted by Crippen LogP contribution is -2.36. The van der Waals surface area contributed by atoms with Crippen LogP contribution in [-0.4, -0.2) is 36.5 Å². The van der Waals surface area contributed by atoms with Gasteiger partial charge in [0.2, 0.25) is 5.91 Å². The van der Waals surface area contributed by atoms with E-state index in [1.807, 2.05) is 30.3 Å². The van der Waals surface area contributed by atoms with Gasteiger partial charge in [0.15, 0.2) is 0 Å². The van der Waals surface area contributed by atoms with Gasteiger partial charge in [0.05, 0.1) is 7.11 Å². The topological polar surface area (TPSA) is 105 Å². The van der Waals surface area contributed by atoms with Crippen LogP contribution < -0.4 is 15.4 Å². The molecule has 0 heterocycles. The molecule has 2 amide bonds. The van der Waals surface area contributed by atoms with Crippen molar-refractivity contribution in [1.29, 1.82) is 0 Å². The number of nitrogens with one attached hydrogen (secondary N) is 2. The Morgan fingerprint density at radius 3 is 2.29 bits per heavy atom. The molecule has 0 spiro atoms. The molecule has 0 atom stereocenters. The maximum absolute atomic E-state index is 12.3. The quantitative estimate of drug-likeness (QED) is 0.608. The summed E-state index contributed by atoms with van der Waals surface area (Å²) in [5.41, 5.74) is 1.39. The number of aliphatic carboxylic acids is 1. The van der Waals surface area contributed by atoms with Crippen molar-refractivity contribution in [2.24, 2.45) is 0 Å². The molecular weight excluding hydrogens is 360 g/mol. The predicted octanol–water partition coefficient (Wildman–Crippen LogP) is 2.07. The molecule has 0 aliphatic heterocycles. The van der Waals surface area contributed by atoms with Crippen molar-refractivity contribution in [2.45, 2.75) is 0 Å². The zero-order valence-electron chi connectivity index (χ0n) is 15.2. The van der Waals surface area contributed by atoms with Crippen LogP contribution in [0.2, 0.25) is 0 Å². The van der Waals surface area contributed by atoms with Crippen LogP contribution in [0.3, 0.4) is 0 Å². The van der Waals surface area contributed by atoms with E-state index in [1.54, 1.807) is 30.3 Å². The molecule has 28 heavy (non-hydrogen) atoms. The Bertz CT molecular complexity index is 887. The van der Waals surface area contributed by atoms with Gasteiger partial charge < -0.3 is 20.5 Å². The molecule has 0 fully saturated rings. The molecule has 0 aromatic heterocycles. The number of hydrogen-bond acceptors (Lipinski definition) is 4. The highest BCUT2D eigenvalue weighted by atomic mass is 16.5. The van der Waals surface area contributed by atoms with E-state index in [1.165, 1.54) is 19.3 Å². The van der Waals surface area contributed by atoms with Crippen LogP contribution in [0.1, 0.15) is 11.1 Å². The van der Waals surface area contributed by atoms with Gasteiger partial charge in [0.1, 0.15) is 18.0 Å². The molecule has 2 rings (SSSR count). The number of ether oxygens (including phenoxy) is 1. The zero-order chi connectivity index (χ0) is 20.4. The number of methoxy groups -OCH3 is 1. The number of carboxylic acids is 1. The van der Waals surface area contributed by atoms with Crippen LogP contribution in [0.5, 0.6) is 5.75 Å². The zero-order valence-corrected chi connectivity index (χ0v) is 15.2. The number of carboxylic acid groups (broad SMARTS) is 1. The predicted molar refractivity (Wildman–Crippen MR) is 105 cm³/mol. The van der Waals surface area contributed by atoms with Gasteiger partial charge in [-0.2, -0.15) is 0 Å². The minimum Gasteiger partial charge on any atom is -0.497 e. The molecule has 7 heteroatoms. The van der Waals surface area contributed by atoms with Crippen molar-refractivity contribution in [2.75, 3.05) is 13.7 Å². The molecule has 0 saturated carbocycles. The second-order valence-electron chi connectivity index (χ2n) is 5.64. The SMILES string of the molecule is COc1ccc(/C=C(/NC(=O)/C=C/c2ccccc2)C(=O)NCC(=O)O)cc1. The van der Waals surface area contributed by atoms with Gasteiger partial charge in [0, 0.05) is 6.08 Å². The van der Waals surface area contributed by atoms with Gasteiger partial charge in [-0.25, -0.2) is 0 Å². The van der Waals surface area contributed by atoms with Crippen LogP contribution in [0.4, 0.5) is 0 Å². The normalized spacial score (nSPS) is 11.1. The molecule has 0 unspecified atom stereocenters. The molecule has 2 aromatic carbocycles. The summed E-state index contributed by atoms with van der Waals surface area (Å²) in [6.07, 6.45) is 4.35. The average Bonchev–Trinajstić information content (AvgIpc) is 2.71. The summed E-state index contributed by atoms with van der Waals surface area (Å²) in [6, 6.07) is 16.0. The lowest BCUT2D eigenvalue weighted by molar-refractivity contribution is -0.137. The molecule has 0 radical (unpaired) electrons.